The Morgan fingerprint density at radius 3 is 2.82 bits per heavy atom. The van der Waals surface area contributed by atoms with Crippen LogP contribution >= 0.6 is 0 Å². The maximum Gasteiger partial charge on any atom is 0.282 e. The number of aryl methyl sites for hydroxylation is 1. The molecule has 0 N–H and O–H groups in total. The molecule has 6 heteroatoms. The highest BCUT2D eigenvalue weighted by molar-refractivity contribution is 5.99. The van der Waals surface area contributed by atoms with E-state index in [0.717, 1.165) is 25.9 Å². The van der Waals surface area contributed by atoms with Gasteiger partial charge < -0.3 is 4.90 Å². The van der Waals surface area contributed by atoms with Gasteiger partial charge in [0, 0.05) is 31.7 Å². The van der Waals surface area contributed by atoms with Crippen molar-refractivity contribution in [2.75, 3.05) is 26.2 Å². The molecule has 0 spiro atoms. The summed E-state index contributed by atoms with van der Waals surface area (Å²) in [6.07, 6.45) is 3.22. The van der Waals surface area contributed by atoms with Gasteiger partial charge in [-0.2, -0.15) is 0 Å². The first-order valence-electron chi connectivity index (χ1n) is 7.85. The number of hydrogen-bond acceptors (Lipinski definition) is 4. The summed E-state index contributed by atoms with van der Waals surface area (Å²) >= 11 is 0. The minimum Gasteiger partial charge on any atom is -0.337 e. The van der Waals surface area contributed by atoms with Crippen LogP contribution in [0.15, 0.2) is 18.2 Å². The molecule has 6 nitrogen and oxygen atoms in total. The molecular weight excluding hydrogens is 282 g/mol. The van der Waals surface area contributed by atoms with Gasteiger partial charge in [-0.15, -0.1) is 0 Å². The van der Waals surface area contributed by atoms with Gasteiger partial charge in [0.15, 0.2) is 0 Å². The Bertz CT molecular complexity index is 602. The highest BCUT2D eigenvalue weighted by atomic mass is 16.6. The van der Waals surface area contributed by atoms with Crippen molar-refractivity contribution in [2.45, 2.75) is 32.2 Å². The summed E-state index contributed by atoms with van der Waals surface area (Å²) in [4.78, 5) is 27.9. The van der Waals surface area contributed by atoms with E-state index >= 15 is 0 Å². The lowest BCUT2D eigenvalue weighted by atomic mass is 10.0. The third kappa shape index (κ3) is 2.70. The predicted molar refractivity (Wildman–Crippen MR) is 82.9 cm³/mol. The number of nitro benzene ring substituents is 1. The average molecular weight is 303 g/mol. The number of nitro groups is 1. The van der Waals surface area contributed by atoms with Crippen LogP contribution in [-0.2, 0) is 0 Å². The number of hydrogen-bond donors (Lipinski definition) is 0. The van der Waals surface area contributed by atoms with Crippen LogP contribution in [0.25, 0.3) is 0 Å². The lowest BCUT2D eigenvalue weighted by molar-refractivity contribution is -0.385. The van der Waals surface area contributed by atoms with E-state index in [4.69, 9.17) is 0 Å². The van der Waals surface area contributed by atoms with E-state index in [9.17, 15) is 14.9 Å². The minimum atomic E-state index is -0.458. The van der Waals surface area contributed by atoms with Crippen molar-refractivity contribution in [1.29, 1.82) is 0 Å². The lowest BCUT2D eigenvalue weighted by Crippen LogP contribution is -2.40. The van der Waals surface area contributed by atoms with Crippen LogP contribution in [0.2, 0.25) is 0 Å². The summed E-state index contributed by atoms with van der Waals surface area (Å²) in [5, 5.41) is 11.2. The van der Waals surface area contributed by atoms with Crippen molar-refractivity contribution < 1.29 is 9.72 Å². The molecule has 118 valence electrons. The Morgan fingerprint density at radius 1 is 1.27 bits per heavy atom. The van der Waals surface area contributed by atoms with Gasteiger partial charge in [0.2, 0.25) is 0 Å². The third-order valence-corrected chi connectivity index (χ3v) is 4.75. The second-order valence-corrected chi connectivity index (χ2v) is 6.16. The van der Waals surface area contributed by atoms with Crippen molar-refractivity contribution >= 4 is 11.6 Å². The molecule has 0 aliphatic carbocycles. The SMILES string of the molecule is Cc1cccc([N+](=O)[O-])c1C(=O)N1CCCN2CCCC2C1. The normalized spacial score (nSPS) is 22.2. The first-order valence-corrected chi connectivity index (χ1v) is 7.85. The van der Waals surface area contributed by atoms with Gasteiger partial charge in [0.25, 0.3) is 11.6 Å². The maximum atomic E-state index is 12.9. The van der Waals surface area contributed by atoms with Crippen LogP contribution in [0, 0.1) is 17.0 Å². The molecule has 1 aromatic carbocycles. The monoisotopic (exact) mass is 303 g/mol. The van der Waals surface area contributed by atoms with E-state index < -0.39 is 4.92 Å². The molecule has 0 aromatic heterocycles. The van der Waals surface area contributed by atoms with E-state index in [2.05, 4.69) is 4.90 Å². The summed E-state index contributed by atoms with van der Waals surface area (Å²) < 4.78 is 0. The Hall–Kier alpha value is -1.95. The highest BCUT2D eigenvalue weighted by Gasteiger charge is 2.33. The van der Waals surface area contributed by atoms with E-state index in [1.807, 2.05) is 4.90 Å². The van der Waals surface area contributed by atoms with Gasteiger partial charge in [-0.05, 0) is 38.3 Å². The van der Waals surface area contributed by atoms with E-state index in [-0.39, 0.29) is 17.2 Å². The van der Waals surface area contributed by atoms with Crippen LogP contribution in [-0.4, -0.2) is 52.9 Å². The fourth-order valence-electron chi connectivity index (χ4n) is 3.63. The van der Waals surface area contributed by atoms with Crippen LogP contribution in [0.5, 0.6) is 0 Å². The first kappa shape index (κ1) is 15.0. The first-order chi connectivity index (χ1) is 10.6. The molecule has 2 heterocycles. The second kappa shape index (κ2) is 6.04. The number of fused-ring (bicyclic) bond motifs is 1. The van der Waals surface area contributed by atoms with Crippen molar-refractivity contribution in [1.82, 2.24) is 9.80 Å². The predicted octanol–water partition coefficient (Wildman–Crippen LogP) is 2.21. The van der Waals surface area contributed by atoms with Gasteiger partial charge in [-0.25, -0.2) is 0 Å². The Balaban J connectivity index is 1.89. The third-order valence-electron chi connectivity index (χ3n) is 4.75. The topological polar surface area (TPSA) is 66.7 Å². The van der Waals surface area contributed by atoms with Crippen LogP contribution in [0.1, 0.15) is 35.2 Å². The van der Waals surface area contributed by atoms with Crippen LogP contribution < -0.4 is 0 Å². The van der Waals surface area contributed by atoms with Crippen molar-refractivity contribution in [2.24, 2.45) is 0 Å². The quantitative estimate of drug-likeness (QED) is 0.620. The molecule has 1 amide bonds. The summed E-state index contributed by atoms with van der Waals surface area (Å²) in [5.74, 6) is -0.196. The van der Waals surface area contributed by atoms with Gasteiger partial charge in [-0.1, -0.05) is 12.1 Å². The smallest absolute Gasteiger partial charge is 0.282 e. The van der Waals surface area contributed by atoms with E-state index in [1.165, 1.54) is 12.5 Å². The highest BCUT2D eigenvalue weighted by Crippen LogP contribution is 2.26. The largest absolute Gasteiger partial charge is 0.337 e. The number of carbonyl (C=O) groups is 1. The average Bonchev–Trinajstić information content (AvgIpc) is 2.83. The van der Waals surface area contributed by atoms with Gasteiger partial charge in [-0.3, -0.25) is 19.8 Å². The van der Waals surface area contributed by atoms with Gasteiger partial charge in [0.1, 0.15) is 5.56 Å². The van der Waals surface area contributed by atoms with E-state index in [0.29, 0.717) is 24.7 Å². The molecule has 2 saturated heterocycles. The van der Waals surface area contributed by atoms with Crippen molar-refractivity contribution in [3.8, 4) is 0 Å². The number of carbonyl (C=O) groups excluding carboxylic acids is 1. The molecule has 22 heavy (non-hydrogen) atoms. The maximum absolute atomic E-state index is 12.9. The van der Waals surface area contributed by atoms with Crippen LogP contribution in [0.3, 0.4) is 0 Å². The summed E-state index contributed by atoms with van der Waals surface area (Å²) in [6.45, 7) is 5.25. The molecule has 2 aliphatic rings. The zero-order valence-electron chi connectivity index (χ0n) is 12.8. The summed E-state index contributed by atoms with van der Waals surface area (Å²) in [6, 6.07) is 5.22. The molecule has 0 bridgehead atoms. The fourth-order valence-corrected chi connectivity index (χ4v) is 3.63. The summed E-state index contributed by atoms with van der Waals surface area (Å²) in [7, 11) is 0. The second-order valence-electron chi connectivity index (χ2n) is 6.16. The standard InChI is InChI=1S/C16H21N3O3/c1-12-5-2-7-14(19(21)22)15(12)16(20)18-10-4-9-17-8-3-6-13(17)11-18/h2,5,7,13H,3-4,6,8-11H2,1H3. The number of nitrogens with zero attached hydrogens (tertiary/aromatic N) is 3. The molecular formula is C16H21N3O3. The number of benzene rings is 1. The molecule has 1 aromatic rings. The number of rotatable bonds is 2. The number of amides is 1. The Morgan fingerprint density at radius 2 is 2.05 bits per heavy atom. The minimum absolute atomic E-state index is 0.0856. The summed E-state index contributed by atoms with van der Waals surface area (Å²) in [5.41, 5.74) is 0.836. The molecule has 1 unspecified atom stereocenters. The van der Waals surface area contributed by atoms with Crippen LogP contribution in [0.4, 0.5) is 5.69 Å². The molecule has 1 atom stereocenters. The molecule has 0 radical (unpaired) electrons. The Kier molecular flexibility index (Phi) is 4.11. The fraction of sp³-hybridized carbons (Fsp3) is 0.562. The molecule has 2 fully saturated rings. The van der Waals surface area contributed by atoms with Crippen molar-refractivity contribution in [3.63, 3.8) is 0 Å². The van der Waals surface area contributed by atoms with Crippen molar-refractivity contribution in [3.05, 3.63) is 39.4 Å². The zero-order chi connectivity index (χ0) is 15.7. The van der Waals surface area contributed by atoms with Gasteiger partial charge >= 0.3 is 0 Å². The Labute approximate surface area is 129 Å². The molecule has 0 saturated carbocycles. The molecule has 3 rings (SSSR count). The zero-order valence-corrected chi connectivity index (χ0v) is 12.8. The van der Waals surface area contributed by atoms with Gasteiger partial charge in [0.05, 0.1) is 4.92 Å². The molecule has 2 aliphatic heterocycles. The van der Waals surface area contributed by atoms with E-state index in [1.54, 1.807) is 19.1 Å². The lowest BCUT2D eigenvalue weighted by Gasteiger charge is -2.26.